The van der Waals surface area contributed by atoms with E-state index in [4.69, 9.17) is 15.0 Å². The molecule has 2 aliphatic rings. The van der Waals surface area contributed by atoms with Crippen LogP contribution in [0.2, 0.25) is 0 Å². The van der Waals surface area contributed by atoms with Crippen LogP contribution in [0, 0.1) is 0 Å². The van der Waals surface area contributed by atoms with Crippen molar-refractivity contribution < 1.29 is 0 Å². The van der Waals surface area contributed by atoms with Crippen LogP contribution in [-0.4, -0.2) is 15.0 Å². The van der Waals surface area contributed by atoms with Gasteiger partial charge >= 0.3 is 0 Å². The largest absolute Gasteiger partial charge is 0.208 e. The van der Waals surface area contributed by atoms with Crippen molar-refractivity contribution in [1.82, 2.24) is 15.0 Å². The average molecular weight is 590 g/mol. The van der Waals surface area contributed by atoms with Gasteiger partial charge in [-0.25, -0.2) is 15.0 Å². The molecule has 1 aromatic heterocycles. The maximum atomic E-state index is 4.90. The van der Waals surface area contributed by atoms with Crippen LogP contribution in [0.4, 0.5) is 0 Å². The Morgan fingerprint density at radius 2 is 0.913 bits per heavy atom. The second-order valence-corrected chi connectivity index (χ2v) is 12.9. The Kier molecular flexibility index (Phi) is 5.91. The van der Waals surface area contributed by atoms with E-state index in [1.165, 1.54) is 55.6 Å². The van der Waals surface area contributed by atoms with Crippen LogP contribution in [0.3, 0.4) is 0 Å². The lowest BCUT2D eigenvalue weighted by Crippen LogP contribution is -2.15. The summed E-state index contributed by atoms with van der Waals surface area (Å²) in [5.74, 6) is 2.01. The zero-order chi connectivity index (χ0) is 30.8. The third-order valence-electron chi connectivity index (χ3n) is 9.76. The fraction of sp³-hybridized carbons (Fsp3) is 0.0930. The van der Waals surface area contributed by atoms with Crippen LogP contribution < -0.4 is 0 Å². The lowest BCUT2D eigenvalue weighted by atomic mass is 9.81. The van der Waals surface area contributed by atoms with E-state index in [1.807, 2.05) is 60.7 Å². The zero-order valence-electron chi connectivity index (χ0n) is 25.8. The molecule has 218 valence electrons. The summed E-state index contributed by atoms with van der Waals surface area (Å²) in [6.45, 7) is 4.71. The van der Waals surface area contributed by atoms with Crippen molar-refractivity contribution in [2.24, 2.45) is 0 Å². The summed E-state index contributed by atoms with van der Waals surface area (Å²) in [5.41, 5.74) is 16.5. The van der Waals surface area contributed by atoms with E-state index >= 15 is 0 Å². The van der Waals surface area contributed by atoms with Crippen molar-refractivity contribution in [2.75, 3.05) is 0 Å². The smallest absolute Gasteiger partial charge is 0.164 e. The normalized spacial score (nSPS) is 13.5. The third-order valence-corrected chi connectivity index (χ3v) is 9.76. The molecule has 0 aliphatic heterocycles. The van der Waals surface area contributed by atoms with Gasteiger partial charge in [-0.2, -0.15) is 0 Å². The number of hydrogen-bond acceptors (Lipinski definition) is 3. The summed E-state index contributed by atoms with van der Waals surface area (Å²) in [4.78, 5) is 14.6. The Hall–Kier alpha value is -5.67. The third kappa shape index (κ3) is 4.23. The molecule has 3 heteroatoms. The standard InChI is InChI=1S/C43H31N3/c1-43(2)38-16-10-9-15-35(38)37-25-33-24-32-23-31(21-22-34(32)36(33)26-39(37)43)27-17-19-30(20-18-27)42-45-40(28-11-5-3-6-12-28)44-41(46-42)29-13-7-4-8-14-29/h3-23,25-26H,24H2,1-2H3. The number of hydrogen-bond donors (Lipinski definition) is 0. The van der Waals surface area contributed by atoms with Gasteiger partial charge in [0.1, 0.15) is 0 Å². The highest BCUT2D eigenvalue weighted by atomic mass is 15.0. The Balaban J connectivity index is 1.05. The fourth-order valence-corrected chi connectivity index (χ4v) is 7.33. The highest BCUT2D eigenvalue weighted by molar-refractivity contribution is 5.88. The number of nitrogens with zero attached hydrogens (tertiary/aromatic N) is 3. The van der Waals surface area contributed by atoms with E-state index < -0.39 is 0 Å². The molecular weight excluding hydrogens is 558 g/mol. The number of aromatic nitrogens is 3. The molecule has 0 N–H and O–H groups in total. The number of benzene rings is 6. The van der Waals surface area contributed by atoms with Gasteiger partial charge in [0, 0.05) is 22.1 Å². The summed E-state index contributed by atoms with van der Waals surface area (Å²) < 4.78 is 0. The summed E-state index contributed by atoms with van der Waals surface area (Å²) in [6.07, 6.45) is 0.960. The molecule has 0 spiro atoms. The van der Waals surface area contributed by atoms with Crippen LogP contribution in [0.5, 0.6) is 0 Å². The van der Waals surface area contributed by atoms with E-state index in [2.05, 4.69) is 92.7 Å². The summed E-state index contributed by atoms with van der Waals surface area (Å²) in [7, 11) is 0. The van der Waals surface area contributed by atoms with Crippen molar-refractivity contribution in [3.63, 3.8) is 0 Å². The molecule has 0 amide bonds. The lowest BCUT2D eigenvalue weighted by Gasteiger charge is -2.22. The van der Waals surface area contributed by atoms with Gasteiger partial charge in [0.2, 0.25) is 0 Å². The quantitative estimate of drug-likeness (QED) is 0.205. The van der Waals surface area contributed by atoms with Gasteiger partial charge in [-0.05, 0) is 74.2 Å². The van der Waals surface area contributed by atoms with Gasteiger partial charge in [-0.15, -0.1) is 0 Å². The van der Waals surface area contributed by atoms with Gasteiger partial charge in [-0.3, -0.25) is 0 Å². The van der Waals surface area contributed by atoms with Crippen LogP contribution in [0.25, 0.3) is 67.5 Å². The van der Waals surface area contributed by atoms with Crippen LogP contribution in [-0.2, 0) is 11.8 Å². The summed E-state index contributed by atoms with van der Waals surface area (Å²) in [5, 5.41) is 0. The second-order valence-electron chi connectivity index (χ2n) is 12.9. The molecule has 9 rings (SSSR count). The molecule has 3 nitrogen and oxygen atoms in total. The van der Waals surface area contributed by atoms with Crippen molar-refractivity contribution >= 4 is 0 Å². The lowest BCUT2D eigenvalue weighted by molar-refractivity contribution is 0.660. The van der Waals surface area contributed by atoms with Crippen LogP contribution >= 0.6 is 0 Å². The van der Waals surface area contributed by atoms with E-state index in [-0.39, 0.29) is 5.41 Å². The predicted octanol–water partition coefficient (Wildman–Crippen LogP) is 10.4. The summed E-state index contributed by atoms with van der Waals surface area (Å²) in [6, 6.07) is 49.6. The molecule has 1 heterocycles. The minimum absolute atomic E-state index is 0.00759. The average Bonchev–Trinajstić information content (AvgIpc) is 3.58. The predicted molar refractivity (Wildman–Crippen MR) is 187 cm³/mol. The maximum absolute atomic E-state index is 4.90. The molecule has 7 aromatic rings. The first-order valence-electron chi connectivity index (χ1n) is 15.9. The molecule has 6 aromatic carbocycles. The van der Waals surface area contributed by atoms with E-state index in [1.54, 1.807) is 0 Å². The van der Waals surface area contributed by atoms with Crippen molar-refractivity contribution in [3.8, 4) is 67.5 Å². The zero-order valence-corrected chi connectivity index (χ0v) is 25.8. The molecule has 0 atom stereocenters. The Labute approximate surface area is 269 Å². The van der Waals surface area contributed by atoms with E-state index in [9.17, 15) is 0 Å². The Morgan fingerprint density at radius 3 is 1.57 bits per heavy atom. The first kappa shape index (κ1) is 26.7. The molecule has 0 saturated carbocycles. The Morgan fingerprint density at radius 1 is 0.391 bits per heavy atom. The van der Waals surface area contributed by atoms with Gasteiger partial charge in [0.05, 0.1) is 0 Å². The van der Waals surface area contributed by atoms with E-state index in [0.29, 0.717) is 17.5 Å². The monoisotopic (exact) mass is 589 g/mol. The van der Waals surface area contributed by atoms with Crippen LogP contribution in [0.1, 0.15) is 36.1 Å². The second kappa shape index (κ2) is 10.2. The van der Waals surface area contributed by atoms with Crippen molar-refractivity contribution in [2.45, 2.75) is 25.7 Å². The minimum Gasteiger partial charge on any atom is -0.208 e. The van der Waals surface area contributed by atoms with Crippen molar-refractivity contribution in [1.29, 1.82) is 0 Å². The topological polar surface area (TPSA) is 38.7 Å². The SMILES string of the molecule is CC1(C)c2ccccc2-c2cc3c(cc21)-c1ccc(-c2ccc(-c4nc(-c5ccccc5)nc(-c5ccccc5)n4)cc2)cc1C3. The summed E-state index contributed by atoms with van der Waals surface area (Å²) >= 11 is 0. The van der Waals surface area contributed by atoms with Gasteiger partial charge < -0.3 is 0 Å². The van der Waals surface area contributed by atoms with Crippen LogP contribution in [0.15, 0.2) is 140 Å². The first-order valence-corrected chi connectivity index (χ1v) is 15.9. The molecule has 0 saturated heterocycles. The van der Waals surface area contributed by atoms with Crippen molar-refractivity contribution in [3.05, 3.63) is 162 Å². The minimum atomic E-state index is 0.00759. The molecular formula is C43H31N3. The fourth-order valence-electron chi connectivity index (χ4n) is 7.33. The first-order chi connectivity index (χ1) is 22.5. The van der Waals surface area contributed by atoms with Gasteiger partial charge in [0.25, 0.3) is 0 Å². The van der Waals surface area contributed by atoms with Gasteiger partial charge in [-0.1, -0.05) is 141 Å². The molecule has 0 radical (unpaired) electrons. The number of fused-ring (bicyclic) bond motifs is 6. The molecule has 0 bridgehead atoms. The Bertz CT molecular complexity index is 2230. The molecule has 46 heavy (non-hydrogen) atoms. The number of rotatable bonds is 4. The molecule has 0 unspecified atom stereocenters. The van der Waals surface area contributed by atoms with Gasteiger partial charge in [0.15, 0.2) is 17.5 Å². The molecule has 2 aliphatic carbocycles. The van der Waals surface area contributed by atoms with E-state index in [0.717, 1.165) is 23.1 Å². The maximum Gasteiger partial charge on any atom is 0.164 e. The molecule has 0 fully saturated rings. The highest BCUT2D eigenvalue weighted by Crippen LogP contribution is 2.52. The highest BCUT2D eigenvalue weighted by Gasteiger charge is 2.37.